The van der Waals surface area contributed by atoms with Crippen LogP contribution in [0.15, 0.2) is 36.7 Å². The van der Waals surface area contributed by atoms with Crippen molar-refractivity contribution in [3.05, 3.63) is 48.0 Å². The monoisotopic (exact) mass is 473 g/mol. The van der Waals surface area contributed by atoms with Gasteiger partial charge in [-0.3, -0.25) is 14.5 Å². The van der Waals surface area contributed by atoms with Gasteiger partial charge in [0.25, 0.3) is 0 Å². The Morgan fingerprint density at radius 1 is 1.34 bits per heavy atom. The molecule has 1 aliphatic rings. The highest BCUT2D eigenvalue weighted by Gasteiger charge is 2.27. The number of nitriles is 1. The van der Waals surface area contributed by atoms with Crippen molar-refractivity contribution in [1.82, 2.24) is 24.3 Å². The van der Waals surface area contributed by atoms with E-state index in [9.17, 15) is 10.1 Å². The minimum absolute atomic E-state index is 0.0881. The van der Waals surface area contributed by atoms with Gasteiger partial charge >= 0.3 is 0 Å². The smallest absolute Gasteiger partial charge is 0.233 e. The molecule has 10 nitrogen and oxygen atoms in total. The molecular formula is C25H27N7O3. The van der Waals surface area contributed by atoms with E-state index in [1.807, 2.05) is 12.1 Å². The maximum Gasteiger partial charge on any atom is 0.233 e. The Morgan fingerprint density at radius 3 is 3.03 bits per heavy atom. The Balaban J connectivity index is 1.52. The average molecular weight is 474 g/mol. The molecule has 1 aromatic carbocycles. The van der Waals surface area contributed by atoms with Crippen LogP contribution in [0.3, 0.4) is 0 Å². The van der Waals surface area contributed by atoms with Crippen molar-refractivity contribution in [2.24, 2.45) is 0 Å². The van der Waals surface area contributed by atoms with Crippen LogP contribution in [0.25, 0.3) is 21.9 Å². The van der Waals surface area contributed by atoms with Crippen LogP contribution in [0, 0.1) is 11.3 Å². The first kappa shape index (κ1) is 23.0. The number of hydrogen-bond donors (Lipinski definition) is 1. The van der Waals surface area contributed by atoms with Gasteiger partial charge in [-0.05, 0) is 38.0 Å². The molecule has 1 N–H and O–H groups in total. The molecular weight excluding hydrogens is 446 g/mol. The van der Waals surface area contributed by atoms with Crippen LogP contribution in [0.5, 0.6) is 0 Å². The van der Waals surface area contributed by atoms with Gasteiger partial charge in [0.05, 0.1) is 54.5 Å². The maximum atomic E-state index is 13.0. The predicted molar refractivity (Wildman–Crippen MR) is 130 cm³/mol. The summed E-state index contributed by atoms with van der Waals surface area (Å²) >= 11 is 0. The topological polar surface area (TPSA) is 120 Å². The Bertz CT molecular complexity index is 1420. The van der Waals surface area contributed by atoms with E-state index < -0.39 is 0 Å². The van der Waals surface area contributed by atoms with E-state index in [2.05, 4.69) is 33.0 Å². The standard InChI is InChI=1S/C25H27N7O3/c1-16-11-18(6-9-35-16)32-23(13-24(33)29-22-5-7-31(30-22)8-10-34-2)28-21-15-27-20-4-3-17(14-26)12-19(20)25(21)32/h3-5,7,12,15-16,18H,6,8-11,13H2,1-2H3,(H,29,30,33)/t16?,18-/m1/s1. The zero-order valence-corrected chi connectivity index (χ0v) is 19.8. The van der Waals surface area contributed by atoms with Gasteiger partial charge in [-0.15, -0.1) is 0 Å². The van der Waals surface area contributed by atoms with E-state index in [1.165, 1.54) is 0 Å². The number of pyridine rings is 1. The molecule has 1 saturated heterocycles. The zero-order valence-electron chi connectivity index (χ0n) is 19.8. The molecule has 4 aromatic rings. The fourth-order valence-corrected chi connectivity index (χ4v) is 4.69. The van der Waals surface area contributed by atoms with Gasteiger partial charge in [0, 0.05) is 37.4 Å². The first-order chi connectivity index (χ1) is 17.1. The van der Waals surface area contributed by atoms with Crippen LogP contribution in [0.2, 0.25) is 0 Å². The number of ether oxygens (including phenoxy) is 2. The molecule has 1 aliphatic heterocycles. The minimum atomic E-state index is -0.200. The second-order valence-electron chi connectivity index (χ2n) is 8.78. The molecule has 0 saturated carbocycles. The van der Waals surface area contributed by atoms with E-state index in [1.54, 1.807) is 36.3 Å². The highest BCUT2D eigenvalue weighted by Crippen LogP contribution is 2.34. The van der Waals surface area contributed by atoms with Crippen LogP contribution in [-0.2, 0) is 27.2 Å². The number of nitrogens with one attached hydrogen (secondary N) is 1. The molecule has 180 valence electrons. The van der Waals surface area contributed by atoms with Crippen LogP contribution in [0.1, 0.15) is 37.2 Å². The van der Waals surface area contributed by atoms with Gasteiger partial charge in [-0.25, -0.2) is 4.98 Å². The van der Waals surface area contributed by atoms with Crippen molar-refractivity contribution < 1.29 is 14.3 Å². The summed E-state index contributed by atoms with van der Waals surface area (Å²) < 4.78 is 14.7. The first-order valence-electron chi connectivity index (χ1n) is 11.7. The second kappa shape index (κ2) is 9.82. The van der Waals surface area contributed by atoms with E-state index in [0.29, 0.717) is 42.5 Å². The van der Waals surface area contributed by atoms with Gasteiger partial charge in [0.15, 0.2) is 5.82 Å². The second-order valence-corrected chi connectivity index (χ2v) is 8.78. The highest BCUT2D eigenvalue weighted by atomic mass is 16.5. The number of fused-ring (bicyclic) bond motifs is 3. The molecule has 0 aliphatic carbocycles. The largest absolute Gasteiger partial charge is 0.383 e. The summed E-state index contributed by atoms with van der Waals surface area (Å²) in [4.78, 5) is 22.4. The summed E-state index contributed by atoms with van der Waals surface area (Å²) in [7, 11) is 1.64. The van der Waals surface area contributed by atoms with E-state index in [0.717, 1.165) is 29.3 Å². The number of amides is 1. The van der Waals surface area contributed by atoms with Gasteiger partial charge in [0.2, 0.25) is 5.91 Å². The molecule has 5 rings (SSSR count). The molecule has 35 heavy (non-hydrogen) atoms. The van der Waals surface area contributed by atoms with Crippen LogP contribution < -0.4 is 5.32 Å². The number of carbonyl (C=O) groups is 1. The zero-order chi connectivity index (χ0) is 24.4. The Morgan fingerprint density at radius 2 is 2.23 bits per heavy atom. The quantitative estimate of drug-likeness (QED) is 0.438. The number of carbonyl (C=O) groups excluding carboxylic acids is 1. The Kier molecular flexibility index (Phi) is 6.44. The third-order valence-corrected chi connectivity index (χ3v) is 6.29. The number of hydrogen-bond acceptors (Lipinski definition) is 7. The number of nitrogens with zero attached hydrogens (tertiary/aromatic N) is 6. The maximum absolute atomic E-state index is 13.0. The van der Waals surface area contributed by atoms with Gasteiger partial charge in [0.1, 0.15) is 11.3 Å². The first-order valence-corrected chi connectivity index (χ1v) is 11.7. The molecule has 10 heteroatoms. The predicted octanol–water partition coefficient (Wildman–Crippen LogP) is 3.22. The summed E-state index contributed by atoms with van der Waals surface area (Å²) in [5.74, 6) is 0.944. The highest BCUT2D eigenvalue weighted by molar-refractivity contribution is 6.03. The van der Waals surface area contributed by atoms with Crippen LogP contribution in [-0.4, -0.2) is 56.7 Å². The fourth-order valence-electron chi connectivity index (χ4n) is 4.69. The van der Waals surface area contributed by atoms with Gasteiger partial charge in [-0.1, -0.05) is 0 Å². The third kappa shape index (κ3) is 4.73. The van der Waals surface area contributed by atoms with Crippen molar-refractivity contribution >= 4 is 33.7 Å². The van der Waals surface area contributed by atoms with Crippen molar-refractivity contribution in [1.29, 1.82) is 5.26 Å². The lowest BCUT2D eigenvalue weighted by Crippen LogP contribution is -2.27. The normalized spacial score (nSPS) is 18.1. The number of anilines is 1. The molecule has 0 radical (unpaired) electrons. The lowest BCUT2D eigenvalue weighted by molar-refractivity contribution is -0.115. The molecule has 4 heterocycles. The number of rotatable bonds is 7. The molecule has 1 amide bonds. The lowest BCUT2D eigenvalue weighted by atomic mass is 10.0. The number of benzene rings is 1. The van der Waals surface area contributed by atoms with Crippen molar-refractivity contribution in [2.45, 2.75) is 44.9 Å². The van der Waals surface area contributed by atoms with Crippen molar-refractivity contribution in [2.75, 3.05) is 25.6 Å². The van der Waals surface area contributed by atoms with Gasteiger partial charge in [-0.2, -0.15) is 10.4 Å². The molecule has 0 spiro atoms. The third-order valence-electron chi connectivity index (χ3n) is 6.29. The van der Waals surface area contributed by atoms with Gasteiger partial charge < -0.3 is 19.4 Å². The average Bonchev–Trinajstić information content (AvgIpc) is 3.46. The Labute approximate surface area is 202 Å². The number of aromatic nitrogens is 5. The summed E-state index contributed by atoms with van der Waals surface area (Å²) in [6.07, 6.45) is 5.36. The van der Waals surface area contributed by atoms with E-state index in [4.69, 9.17) is 14.5 Å². The summed E-state index contributed by atoms with van der Waals surface area (Å²) in [6, 6.07) is 9.56. The molecule has 2 atom stereocenters. The summed E-state index contributed by atoms with van der Waals surface area (Å²) in [6.45, 7) is 3.85. The van der Waals surface area contributed by atoms with E-state index >= 15 is 0 Å². The van der Waals surface area contributed by atoms with Crippen LogP contribution >= 0.6 is 0 Å². The SMILES string of the molecule is COCCn1ccc(NC(=O)Cc2nc3cnc4ccc(C#N)cc4c3n2[C@@H]2CCOC(C)C2)n1. The lowest BCUT2D eigenvalue weighted by Gasteiger charge is -2.30. The number of imidazole rings is 1. The van der Waals surface area contributed by atoms with Crippen molar-refractivity contribution in [3.8, 4) is 6.07 Å². The molecule has 0 bridgehead atoms. The van der Waals surface area contributed by atoms with Crippen LogP contribution in [0.4, 0.5) is 5.82 Å². The minimum Gasteiger partial charge on any atom is -0.383 e. The molecule has 1 fully saturated rings. The summed E-state index contributed by atoms with van der Waals surface area (Å²) in [5, 5.41) is 17.6. The van der Waals surface area contributed by atoms with Crippen molar-refractivity contribution in [3.63, 3.8) is 0 Å². The molecule has 1 unspecified atom stereocenters. The fraction of sp³-hybridized carbons (Fsp3) is 0.400. The summed E-state index contributed by atoms with van der Waals surface area (Å²) in [5.41, 5.74) is 2.95. The number of methoxy groups -OCH3 is 1. The molecule has 3 aromatic heterocycles. The Hall–Kier alpha value is -3.81. The van der Waals surface area contributed by atoms with E-state index in [-0.39, 0.29) is 24.5 Å².